The van der Waals surface area contributed by atoms with Crippen molar-refractivity contribution in [3.63, 3.8) is 0 Å². The Balaban J connectivity index is 1.97. The summed E-state index contributed by atoms with van der Waals surface area (Å²) < 4.78 is 1.55. The SMILES string of the molecule is Nc1nnnn1CCc1cscn1. The Morgan fingerprint density at radius 3 is 3.08 bits per heavy atom. The highest BCUT2D eigenvalue weighted by atomic mass is 32.1. The first-order valence-corrected chi connectivity index (χ1v) is 4.69. The summed E-state index contributed by atoms with van der Waals surface area (Å²) in [6, 6.07) is 0. The molecule has 0 saturated heterocycles. The summed E-state index contributed by atoms with van der Waals surface area (Å²) >= 11 is 1.58. The zero-order valence-corrected chi connectivity index (χ0v) is 7.61. The summed E-state index contributed by atoms with van der Waals surface area (Å²) in [5.41, 5.74) is 8.33. The van der Waals surface area contributed by atoms with Gasteiger partial charge in [-0.3, -0.25) is 0 Å². The van der Waals surface area contributed by atoms with Crippen LogP contribution in [0.25, 0.3) is 0 Å². The van der Waals surface area contributed by atoms with E-state index in [0.29, 0.717) is 12.5 Å². The van der Waals surface area contributed by atoms with Crippen LogP contribution in [0.3, 0.4) is 0 Å². The average molecular weight is 196 g/mol. The minimum absolute atomic E-state index is 0.343. The summed E-state index contributed by atoms with van der Waals surface area (Å²) in [6.07, 6.45) is 0.804. The molecule has 0 saturated carbocycles. The molecule has 2 N–H and O–H groups in total. The van der Waals surface area contributed by atoms with Crippen LogP contribution in [0.5, 0.6) is 0 Å². The quantitative estimate of drug-likeness (QED) is 0.744. The van der Waals surface area contributed by atoms with Gasteiger partial charge in [0, 0.05) is 11.8 Å². The third kappa shape index (κ3) is 1.81. The first-order chi connectivity index (χ1) is 6.36. The number of hydrogen-bond acceptors (Lipinski definition) is 6. The van der Waals surface area contributed by atoms with E-state index in [1.807, 2.05) is 5.38 Å². The van der Waals surface area contributed by atoms with Gasteiger partial charge in [-0.05, 0) is 10.4 Å². The van der Waals surface area contributed by atoms with Gasteiger partial charge in [-0.25, -0.2) is 9.67 Å². The molecule has 0 bridgehead atoms. The summed E-state index contributed by atoms with van der Waals surface area (Å²) in [5, 5.41) is 12.7. The number of thiazole rings is 1. The first-order valence-electron chi connectivity index (χ1n) is 3.75. The van der Waals surface area contributed by atoms with E-state index in [1.165, 1.54) is 0 Å². The molecule has 6 nitrogen and oxygen atoms in total. The van der Waals surface area contributed by atoms with Crippen molar-refractivity contribution in [2.75, 3.05) is 5.73 Å². The molecule has 0 aliphatic heterocycles. The number of nitrogens with zero attached hydrogens (tertiary/aromatic N) is 5. The van der Waals surface area contributed by atoms with Gasteiger partial charge in [0.05, 0.1) is 17.7 Å². The number of anilines is 1. The van der Waals surface area contributed by atoms with Crippen LogP contribution < -0.4 is 5.73 Å². The number of aryl methyl sites for hydroxylation is 2. The molecule has 0 aromatic carbocycles. The molecule has 2 aromatic rings. The lowest BCUT2D eigenvalue weighted by Gasteiger charge is -1.97. The molecular weight excluding hydrogens is 188 g/mol. The Hall–Kier alpha value is -1.50. The Kier molecular flexibility index (Phi) is 2.17. The highest BCUT2D eigenvalue weighted by Crippen LogP contribution is 2.03. The molecule has 0 atom stereocenters. The van der Waals surface area contributed by atoms with E-state index < -0.39 is 0 Å². The van der Waals surface area contributed by atoms with E-state index in [1.54, 1.807) is 21.5 Å². The van der Waals surface area contributed by atoms with Crippen LogP contribution in [0.15, 0.2) is 10.9 Å². The smallest absolute Gasteiger partial charge is 0.240 e. The minimum Gasteiger partial charge on any atom is -0.367 e. The lowest BCUT2D eigenvalue weighted by molar-refractivity contribution is 0.591. The van der Waals surface area contributed by atoms with Crippen molar-refractivity contribution in [2.24, 2.45) is 0 Å². The maximum Gasteiger partial charge on any atom is 0.240 e. The molecule has 68 valence electrons. The summed E-state index contributed by atoms with van der Waals surface area (Å²) in [6.45, 7) is 0.669. The first kappa shape index (κ1) is 8.11. The number of aromatic nitrogens is 5. The normalized spacial score (nSPS) is 10.5. The number of hydrogen-bond donors (Lipinski definition) is 1. The third-order valence-corrected chi connectivity index (χ3v) is 2.26. The second kappa shape index (κ2) is 3.48. The maximum atomic E-state index is 5.49. The monoisotopic (exact) mass is 196 g/mol. The Labute approximate surface area is 78.4 Å². The Morgan fingerprint density at radius 2 is 2.46 bits per heavy atom. The van der Waals surface area contributed by atoms with E-state index in [9.17, 15) is 0 Å². The van der Waals surface area contributed by atoms with Gasteiger partial charge in [-0.15, -0.1) is 11.3 Å². The van der Waals surface area contributed by atoms with E-state index >= 15 is 0 Å². The van der Waals surface area contributed by atoms with Crippen LogP contribution >= 0.6 is 11.3 Å². The fraction of sp³-hybridized carbons (Fsp3) is 0.333. The molecule has 2 rings (SSSR count). The fourth-order valence-corrected chi connectivity index (χ4v) is 1.55. The standard InChI is InChI=1S/C6H8N6S/c7-6-9-10-11-12(6)2-1-5-3-13-4-8-5/h3-4H,1-2H2,(H2,7,9,11). The van der Waals surface area contributed by atoms with Gasteiger partial charge in [0.15, 0.2) is 0 Å². The zero-order chi connectivity index (χ0) is 9.10. The Bertz CT molecular complexity index is 366. The highest BCUT2D eigenvalue weighted by Gasteiger charge is 2.01. The lowest BCUT2D eigenvalue weighted by Crippen LogP contribution is -2.07. The van der Waals surface area contributed by atoms with E-state index in [4.69, 9.17) is 5.73 Å². The summed E-state index contributed by atoms with van der Waals surface area (Å²) in [7, 11) is 0. The molecule has 0 amide bonds. The number of nitrogens with two attached hydrogens (primary N) is 1. The highest BCUT2D eigenvalue weighted by molar-refractivity contribution is 7.07. The van der Waals surface area contributed by atoms with Crippen molar-refractivity contribution >= 4 is 17.3 Å². The molecule has 0 aliphatic rings. The van der Waals surface area contributed by atoms with Crippen molar-refractivity contribution in [2.45, 2.75) is 13.0 Å². The van der Waals surface area contributed by atoms with Crippen LogP contribution in [0.1, 0.15) is 5.69 Å². The molecule has 7 heteroatoms. The number of rotatable bonds is 3. The van der Waals surface area contributed by atoms with Crippen molar-refractivity contribution in [3.05, 3.63) is 16.6 Å². The van der Waals surface area contributed by atoms with Gasteiger partial charge >= 0.3 is 0 Å². The van der Waals surface area contributed by atoms with Gasteiger partial charge in [-0.2, -0.15) is 0 Å². The topological polar surface area (TPSA) is 82.5 Å². The third-order valence-electron chi connectivity index (χ3n) is 1.62. The molecule has 0 fully saturated rings. The molecule has 13 heavy (non-hydrogen) atoms. The molecule has 2 aromatic heterocycles. The lowest BCUT2D eigenvalue weighted by atomic mass is 10.3. The van der Waals surface area contributed by atoms with Crippen molar-refractivity contribution < 1.29 is 0 Å². The van der Waals surface area contributed by atoms with E-state index in [-0.39, 0.29) is 0 Å². The summed E-state index contributed by atoms with van der Waals surface area (Å²) in [4.78, 5) is 4.14. The Morgan fingerprint density at radius 1 is 1.54 bits per heavy atom. The van der Waals surface area contributed by atoms with Gasteiger partial charge in [0.1, 0.15) is 0 Å². The molecule has 0 unspecified atom stereocenters. The van der Waals surface area contributed by atoms with Crippen LogP contribution in [-0.4, -0.2) is 25.2 Å². The predicted octanol–water partition coefficient (Wildman–Crippen LogP) is -0.0455. The van der Waals surface area contributed by atoms with E-state index in [2.05, 4.69) is 20.5 Å². The second-order valence-corrected chi connectivity index (χ2v) is 3.21. The summed E-state index contributed by atoms with van der Waals surface area (Å²) in [5.74, 6) is 0.343. The van der Waals surface area contributed by atoms with Crippen LogP contribution in [0, 0.1) is 0 Å². The second-order valence-electron chi connectivity index (χ2n) is 2.49. The zero-order valence-electron chi connectivity index (χ0n) is 6.79. The van der Waals surface area contributed by atoms with Gasteiger partial charge in [0.25, 0.3) is 0 Å². The van der Waals surface area contributed by atoms with Crippen LogP contribution in [0.4, 0.5) is 5.95 Å². The van der Waals surface area contributed by atoms with Gasteiger partial charge < -0.3 is 5.73 Å². The predicted molar refractivity (Wildman–Crippen MR) is 48.0 cm³/mol. The van der Waals surface area contributed by atoms with Crippen molar-refractivity contribution in [1.82, 2.24) is 25.2 Å². The molecular formula is C6H8N6S. The molecule has 0 aliphatic carbocycles. The van der Waals surface area contributed by atoms with Crippen molar-refractivity contribution in [1.29, 1.82) is 0 Å². The molecule has 0 spiro atoms. The molecule has 0 radical (unpaired) electrons. The van der Waals surface area contributed by atoms with Crippen LogP contribution in [-0.2, 0) is 13.0 Å². The molecule has 2 heterocycles. The van der Waals surface area contributed by atoms with Crippen molar-refractivity contribution in [3.8, 4) is 0 Å². The van der Waals surface area contributed by atoms with Gasteiger partial charge in [0.2, 0.25) is 5.95 Å². The largest absolute Gasteiger partial charge is 0.367 e. The van der Waals surface area contributed by atoms with Gasteiger partial charge in [-0.1, -0.05) is 5.10 Å². The number of nitrogen functional groups attached to an aromatic ring is 1. The average Bonchev–Trinajstić information content (AvgIpc) is 2.72. The maximum absolute atomic E-state index is 5.49. The minimum atomic E-state index is 0.343. The van der Waals surface area contributed by atoms with Crippen LogP contribution in [0.2, 0.25) is 0 Å². The fourth-order valence-electron chi connectivity index (χ4n) is 0.952. The number of tetrazole rings is 1. The van der Waals surface area contributed by atoms with E-state index in [0.717, 1.165) is 12.1 Å².